The maximum absolute atomic E-state index is 5.44. The van der Waals surface area contributed by atoms with Crippen molar-refractivity contribution in [1.29, 1.82) is 0 Å². The van der Waals surface area contributed by atoms with Gasteiger partial charge in [0, 0.05) is 19.7 Å². The first-order chi connectivity index (χ1) is 5.43. The summed E-state index contributed by atoms with van der Waals surface area (Å²) in [6.07, 6.45) is 0.148. The van der Waals surface area contributed by atoms with Crippen LogP contribution in [0.1, 0.15) is 27.7 Å². The molecule has 0 aromatic carbocycles. The lowest BCUT2D eigenvalue weighted by Gasteiger charge is -2.18. The van der Waals surface area contributed by atoms with E-state index in [1.54, 1.807) is 5.06 Å². The molecule has 0 heterocycles. The lowest BCUT2D eigenvalue weighted by Crippen LogP contribution is -2.16. The fraction of sp³-hybridized carbons (Fsp3) is 0.778. The predicted molar refractivity (Wildman–Crippen MR) is 49.4 cm³/mol. The van der Waals surface area contributed by atoms with Gasteiger partial charge in [0.25, 0.3) is 5.95 Å². The van der Waals surface area contributed by atoms with Gasteiger partial charge in [-0.2, -0.15) is 0 Å². The molecule has 0 amide bonds. The highest BCUT2D eigenvalue weighted by molar-refractivity contribution is 4.95. The van der Waals surface area contributed by atoms with Crippen molar-refractivity contribution in [3.05, 3.63) is 11.5 Å². The summed E-state index contributed by atoms with van der Waals surface area (Å²) in [4.78, 5) is 5.31. The Morgan fingerprint density at radius 3 is 1.92 bits per heavy atom. The molecule has 0 aliphatic carbocycles. The SMILES string of the molecule is CC(C)=C(OC(C)C)ON(C)C. The van der Waals surface area contributed by atoms with Gasteiger partial charge in [-0.3, -0.25) is 0 Å². The highest BCUT2D eigenvalue weighted by Crippen LogP contribution is 2.10. The van der Waals surface area contributed by atoms with Gasteiger partial charge >= 0.3 is 0 Å². The van der Waals surface area contributed by atoms with E-state index in [1.165, 1.54) is 0 Å². The fourth-order valence-electron chi connectivity index (χ4n) is 0.611. The molecule has 0 aliphatic heterocycles. The molecule has 0 saturated heterocycles. The zero-order valence-electron chi connectivity index (χ0n) is 8.84. The van der Waals surface area contributed by atoms with E-state index in [4.69, 9.17) is 9.57 Å². The van der Waals surface area contributed by atoms with Crippen LogP contribution in [-0.4, -0.2) is 25.3 Å². The largest absolute Gasteiger partial charge is 0.462 e. The molecule has 3 heteroatoms. The van der Waals surface area contributed by atoms with Gasteiger partial charge in [-0.15, -0.1) is 5.06 Å². The Bertz CT molecular complexity index is 146. The van der Waals surface area contributed by atoms with Gasteiger partial charge in [-0.25, -0.2) is 0 Å². The van der Waals surface area contributed by atoms with Crippen LogP contribution in [0.4, 0.5) is 0 Å². The van der Waals surface area contributed by atoms with Crippen LogP contribution in [0, 0.1) is 0 Å². The van der Waals surface area contributed by atoms with Gasteiger partial charge < -0.3 is 9.57 Å². The number of allylic oxidation sites excluding steroid dienone is 1. The van der Waals surface area contributed by atoms with E-state index in [0.717, 1.165) is 5.57 Å². The molecule has 0 spiro atoms. The first kappa shape index (κ1) is 11.3. The van der Waals surface area contributed by atoms with Crippen LogP contribution in [0.2, 0.25) is 0 Å². The Hall–Kier alpha value is -0.700. The second kappa shape index (κ2) is 5.04. The molecule has 0 N–H and O–H groups in total. The molecule has 0 atom stereocenters. The van der Waals surface area contributed by atoms with E-state index in [0.29, 0.717) is 5.95 Å². The van der Waals surface area contributed by atoms with Gasteiger partial charge in [0.05, 0.1) is 6.10 Å². The lowest BCUT2D eigenvalue weighted by atomic mass is 10.4. The van der Waals surface area contributed by atoms with Gasteiger partial charge in [-0.1, -0.05) is 0 Å². The van der Waals surface area contributed by atoms with E-state index >= 15 is 0 Å². The minimum Gasteiger partial charge on any atom is -0.462 e. The normalized spacial score (nSPS) is 10.3. The summed E-state index contributed by atoms with van der Waals surface area (Å²) in [7, 11) is 3.65. The molecule has 0 radical (unpaired) electrons. The second-order valence-corrected chi connectivity index (χ2v) is 3.36. The molecule has 0 unspecified atom stereocenters. The molecule has 0 aromatic rings. The Morgan fingerprint density at radius 2 is 1.67 bits per heavy atom. The number of nitrogens with zero attached hydrogens (tertiary/aromatic N) is 1. The highest BCUT2D eigenvalue weighted by atomic mass is 16.8. The van der Waals surface area contributed by atoms with Gasteiger partial charge in [-0.05, 0) is 27.7 Å². The zero-order valence-corrected chi connectivity index (χ0v) is 8.84. The molecule has 0 rings (SSSR count). The second-order valence-electron chi connectivity index (χ2n) is 3.36. The molecule has 0 saturated carbocycles. The maximum Gasteiger partial charge on any atom is 0.298 e. The highest BCUT2D eigenvalue weighted by Gasteiger charge is 2.06. The Kier molecular flexibility index (Phi) is 4.74. The van der Waals surface area contributed by atoms with Crippen LogP contribution < -0.4 is 0 Å². The molecular weight excluding hydrogens is 154 g/mol. The number of rotatable bonds is 4. The third-order valence-electron chi connectivity index (χ3n) is 1.02. The van der Waals surface area contributed by atoms with Crippen LogP contribution in [0.5, 0.6) is 0 Å². The summed E-state index contributed by atoms with van der Waals surface area (Å²) in [6, 6.07) is 0. The van der Waals surface area contributed by atoms with Crippen molar-refractivity contribution in [3.8, 4) is 0 Å². The van der Waals surface area contributed by atoms with Crippen LogP contribution in [-0.2, 0) is 9.57 Å². The van der Waals surface area contributed by atoms with Crippen molar-refractivity contribution in [3.63, 3.8) is 0 Å². The molecule has 0 bridgehead atoms. The number of hydrogen-bond donors (Lipinski definition) is 0. The minimum atomic E-state index is 0.148. The number of hydroxylamine groups is 2. The Morgan fingerprint density at radius 1 is 1.17 bits per heavy atom. The summed E-state index contributed by atoms with van der Waals surface area (Å²) in [5, 5.41) is 1.62. The van der Waals surface area contributed by atoms with Gasteiger partial charge in [0.2, 0.25) is 0 Å². The van der Waals surface area contributed by atoms with Crippen molar-refractivity contribution in [2.45, 2.75) is 33.8 Å². The lowest BCUT2D eigenvalue weighted by molar-refractivity contribution is -0.146. The van der Waals surface area contributed by atoms with Crippen LogP contribution in [0.3, 0.4) is 0 Å². The van der Waals surface area contributed by atoms with Gasteiger partial charge in [0.1, 0.15) is 0 Å². The van der Waals surface area contributed by atoms with E-state index in [-0.39, 0.29) is 6.10 Å². The molecular formula is C9H19NO2. The molecule has 12 heavy (non-hydrogen) atoms. The van der Waals surface area contributed by atoms with Crippen LogP contribution >= 0.6 is 0 Å². The van der Waals surface area contributed by atoms with E-state index in [2.05, 4.69) is 0 Å². The standard InChI is InChI=1S/C9H19NO2/c1-7(2)9(11-8(3)4)12-10(5)6/h8H,1-6H3. The van der Waals surface area contributed by atoms with E-state index in [9.17, 15) is 0 Å². The minimum absolute atomic E-state index is 0.148. The number of ether oxygens (including phenoxy) is 1. The van der Waals surface area contributed by atoms with Crippen molar-refractivity contribution >= 4 is 0 Å². The molecule has 3 nitrogen and oxygen atoms in total. The van der Waals surface area contributed by atoms with E-state index < -0.39 is 0 Å². The predicted octanol–water partition coefficient (Wildman–Crippen LogP) is 2.16. The summed E-state index contributed by atoms with van der Waals surface area (Å²) < 4.78 is 5.44. The summed E-state index contributed by atoms with van der Waals surface area (Å²) in [5.41, 5.74) is 1.04. The molecule has 0 fully saturated rings. The summed E-state index contributed by atoms with van der Waals surface area (Å²) in [6.45, 7) is 7.87. The van der Waals surface area contributed by atoms with Crippen molar-refractivity contribution < 1.29 is 9.57 Å². The van der Waals surface area contributed by atoms with Crippen LogP contribution in [0.25, 0.3) is 0 Å². The first-order valence-electron chi connectivity index (χ1n) is 4.13. The van der Waals surface area contributed by atoms with Crippen LogP contribution in [0.15, 0.2) is 11.5 Å². The zero-order chi connectivity index (χ0) is 9.72. The molecule has 0 aromatic heterocycles. The number of hydrogen-bond acceptors (Lipinski definition) is 3. The van der Waals surface area contributed by atoms with Crippen molar-refractivity contribution in [1.82, 2.24) is 5.06 Å². The average Bonchev–Trinajstić information content (AvgIpc) is 1.83. The maximum atomic E-state index is 5.44. The Balaban J connectivity index is 4.17. The molecule has 72 valence electrons. The van der Waals surface area contributed by atoms with E-state index in [1.807, 2.05) is 41.8 Å². The first-order valence-corrected chi connectivity index (χ1v) is 4.13. The third-order valence-corrected chi connectivity index (χ3v) is 1.02. The quantitative estimate of drug-likeness (QED) is 0.480. The fourth-order valence-corrected chi connectivity index (χ4v) is 0.611. The smallest absolute Gasteiger partial charge is 0.298 e. The summed E-state index contributed by atoms with van der Waals surface area (Å²) >= 11 is 0. The topological polar surface area (TPSA) is 21.7 Å². The Labute approximate surface area is 74.9 Å². The monoisotopic (exact) mass is 173 g/mol. The molecule has 0 aliphatic rings. The average molecular weight is 173 g/mol. The van der Waals surface area contributed by atoms with Crippen molar-refractivity contribution in [2.24, 2.45) is 0 Å². The van der Waals surface area contributed by atoms with Gasteiger partial charge in [0.15, 0.2) is 0 Å². The third kappa shape index (κ3) is 5.02. The van der Waals surface area contributed by atoms with Crippen molar-refractivity contribution in [2.75, 3.05) is 14.1 Å². The summed E-state index contributed by atoms with van der Waals surface area (Å²) in [5.74, 6) is 0.593.